The predicted molar refractivity (Wildman–Crippen MR) is 107 cm³/mol. The SMILES string of the molecule is O=C(Nc1ccc2c(c1)OCO2)[C@@H]1CCCN(S(=O)(=O)c2ccc(Br)cc2)C1. The maximum absolute atomic E-state index is 12.9. The van der Waals surface area contributed by atoms with Crippen LogP contribution in [0.15, 0.2) is 51.8 Å². The van der Waals surface area contributed by atoms with Crippen molar-refractivity contribution in [2.24, 2.45) is 5.92 Å². The molecule has 2 heterocycles. The van der Waals surface area contributed by atoms with Crippen molar-refractivity contribution in [1.29, 1.82) is 0 Å². The van der Waals surface area contributed by atoms with E-state index in [1.807, 2.05) is 0 Å². The fraction of sp³-hybridized carbons (Fsp3) is 0.316. The number of nitrogens with one attached hydrogen (secondary N) is 1. The number of hydrogen-bond acceptors (Lipinski definition) is 5. The summed E-state index contributed by atoms with van der Waals surface area (Å²) in [6.07, 6.45) is 1.28. The van der Waals surface area contributed by atoms with Crippen molar-refractivity contribution in [2.45, 2.75) is 17.7 Å². The summed E-state index contributed by atoms with van der Waals surface area (Å²) in [4.78, 5) is 12.9. The summed E-state index contributed by atoms with van der Waals surface area (Å²) in [6, 6.07) is 11.7. The summed E-state index contributed by atoms with van der Waals surface area (Å²) in [5.74, 6) is 0.613. The molecule has 0 radical (unpaired) electrons. The quantitative estimate of drug-likeness (QED) is 0.747. The molecule has 28 heavy (non-hydrogen) atoms. The highest BCUT2D eigenvalue weighted by atomic mass is 79.9. The molecule has 2 aromatic rings. The third-order valence-corrected chi connectivity index (χ3v) is 7.25. The monoisotopic (exact) mass is 466 g/mol. The van der Waals surface area contributed by atoms with Gasteiger partial charge in [0.1, 0.15) is 0 Å². The van der Waals surface area contributed by atoms with E-state index in [2.05, 4.69) is 21.2 Å². The predicted octanol–water partition coefficient (Wildman–Crippen LogP) is 3.22. The first kappa shape index (κ1) is 19.2. The fourth-order valence-electron chi connectivity index (χ4n) is 3.35. The number of sulfonamides is 1. The Morgan fingerprint density at radius 3 is 2.64 bits per heavy atom. The minimum atomic E-state index is -3.63. The summed E-state index contributed by atoms with van der Waals surface area (Å²) in [7, 11) is -3.63. The summed E-state index contributed by atoms with van der Waals surface area (Å²) < 4.78 is 38.6. The zero-order valence-corrected chi connectivity index (χ0v) is 17.3. The van der Waals surface area contributed by atoms with Crippen molar-refractivity contribution in [3.63, 3.8) is 0 Å². The van der Waals surface area contributed by atoms with Crippen LogP contribution in [0.5, 0.6) is 11.5 Å². The first-order valence-electron chi connectivity index (χ1n) is 8.90. The van der Waals surface area contributed by atoms with Gasteiger partial charge < -0.3 is 14.8 Å². The average molecular weight is 467 g/mol. The van der Waals surface area contributed by atoms with Crippen LogP contribution in [0.2, 0.25) is 0 Å². The summed E-state index contributed by atoms with van der Waals surface area (Å²) in [6.45, 7) is 0.735. The zero-order chi connectivity index (χ0) is 19.7. The number of amides is 1. The second kappa shape index (κ2) is 7.73. The number of carbonyl (C=O) groups is 1. The van der Waals surface area contributed by atoms with Crippen molar-refractivity contribution in [3.8, 4) is 11.5 Å². The number of halogens is 1. The Bertz CT molecular complexity index is 994. The molecule has 1 N–H and O–H groups in total. The van der Waals surface area contributed by atoms with Gasteiger partial charge in [-0.05, 0) is 49.2 Å². The number of hydrogen-bond donors (Lipinski definition) is 1. The lowest BCUT2D eigenvalue weighted by Gasteiger charge is -2.31. The second-order valence-electron chi connectivity index (χ2n) is 6.71. The smallest absolute Gasteiger partial charge is 0.243 e. The van der Waals surface area contributed by atoms with Crippen LogP contribution in [0, 0.1) is 5.92 Å². The summed E-state index contributed by atoms with van der Waals surface area (Å²) in [5, 5.41) is 2.86. The largest absolute Gasteiger partial charge is 0.454 e. The number of rotatable bonds is 4. The summed E-state index contributed by atoms with van der Waals surface area (Å²) >= 11 is 3.31. The molecule has 1 atom stereocenters. The first-order valence-corrected chi connectivity index (χ1v) is 11.1. The number of ether oxygens (including phenoxy) is 2. The second-order valence-corrected chi connectivity index (χ2v) is 9.57. The van der Waals surface area contributed by atoms with Gasteiger partial charge in [0.05, 0.1) is 10.8 Å². The molecule has 148 valence electrons. The van der Waals surface area contributed by atoms with E-state index < -0.39 is 15.9 Å². The van der Waals surface area contributed by atoms with Gasteiger partial charge in [-0.25, -0.2) is 8.42 Å². The Hall–Kier alpha value is -2.10. The Kier molecular flexibility index (Phi) is 5.31. The van der Waals surface area contributed by atoms with Gasteiger partial charge >= 0.3 is 0 Å². The molecule has 2 aliphatic heterocycles. The Morgan fingerprint density at radius 2 is 1.86 bits per heavy atom. The molecule has 1 fully saturated rings. The molecule has 0 unspecified atom stereocenters. The standard InChI is InChI=1S/C19H19BrN2O5S/c20-14-3-6-16(7-4-14)28(24,25)22-9-1-2-13(11-22)19(23)21-15-5-8-17-18(10-15)27-12-26-17/h3-8,10,13H,1-2,9,11-12H2,(H,21,23)/t13-/m1/s1. The van der Waals surface area contributed by atoms with Crippen LogP contribution in [-0.4, -0.2) is 38.5 Å². The van der Waals surface area contributed by atoms with E-state index in [1.165, 1.54) is 4.31 Å². The van der Waals surface area contributed by atoms with Gasteiger partial charge in [-0.15, -0.1) is 0 Å². The molecule has 1 saturated heterocycles. The first-order chi connectivity index (χ1) is 13.4. The Balaban J connectivity index is 1.45. The fourth-order valence-corrected chi connectivity index (χ4v) is 5.14. The van der Waals surface area contributed by atoms with Crippen LogP contribution in [0.3, 0.4) is 0 Å². The molecule has 0 aliphatic carbocycles. The van der Waals surface area contributed by atoms with Gasteiger partial charge in [-0.2, -0.15) is 4.31 Å². The highest BCUT2D eigenvalue weighted by Gasteiger charge is 2.33. The molecule has 2 aliphatic rings. The molecule has 9 heteroatoms. The average Bonchev–Trinajstić information content (AvgIpc) is 3.16. The van der Waals surface area contributed by atoms with Crippen LogP contribution < -0.4 is 14.8 Å². The van der Waals surface area contributed by atoms with E-state index in [-0.39, 0.29) is 24.1 Å². The molecule has 0 aromatic heterocycles. The third-order valence-electron chi connectivity index (χ3n) is 4.85. The maximum atomic E-state index is 12.9. The van der Waals surface area contributed by atoms with Gasteiger partial charge in [-0.1, -0.05) is 15.9 Å². The number of piperidine rings is 1. The number of benzene rings is 2. The molecule has 0 bridgehead atoms. The van der Waals surface area contributed by atoms with Crippen molar-refractivity contribution in [3.05, 3.63) is 46.9 Å². The number of fused-ring (bicyclic) bond motifs is 1. The number of anilines is 1. The number of nitrogens with zero attached hydrogens (tertiary/aromatic N) is 1. The topological polar surface area (TPSA) is 84.9 Å². The van der Waals surface area contributed by atoms with Gasteiger partial charge in [0.25, 0.3) is 0 Å². The Labute approximate surface area is 171 Å². The lowest BCUT2D eigenvalue weighted by molar-refractivity contribution is -0.120. The van der Waals surface area contributed by atoms with Crippen molar-refractivity contribution >= 4 is 37.5 Å². The maximum Gasteiger partial charge on any atom is 0.243 e. The van der Waals surface area contributed by atoms with Crippen molar-refractivity contribution < 1.29 is 22.7 Å². The number of carbonyl (C=O) groups excluding carboxylic acids is 1. The zero-order valence-electron chi connectivity index (χ0n) is 14.9. The minimum absolute atomic E-state index is 0.161. The molecule has 2 aromatic carbocycles. The molecule has 1 amide bonds. The van der Waals surface area contributed by atoms with Crippen LogP contribution in [-0.2, 0) is 14.8 Å². The summed E-state index contributed by atoms with van der Waals surface area (Å²) in [5.41, 5.74) is 0.599. The van der Waals surface area contributed by atoms with E-state index in [0.29, 0.717) is 36.6 Å². The normalized spacial score (nSPS) is 19.4. The van der Waals surface area contributed by atoms with Gasteiger partial charge in [-0.3, -0.25) is 4.79 Å². The van der Waals surface area contributed by atoms with Crippen molar-refractivity contribution in [1.82, 2.24) is 4.31 Å². The molecule has 7 nitrogen and oxygen atoms in total. The third kappa shape index (κ3) is 3.87. The van der Waals surface area contributed by atoms with Gasteiger partial charge in [0.15, 0.2) is 11.5 Å². The van der Waals surface area contributed by atoms with E-state index in [4.69, 9.17) is 9.47 Å². The van der Waals surface area contributed by atoms with E-state index in [9.17, 15) is 13.2 Å². The highest BCUT2D eigenvalue weighted by molar-refractivity contribution is 9.10. The van der Waals surface area contributed by atoms with E-state index >= 15 is 0 Å². The van der Waals surface area contributed by atoms with Crippen LogP contribution >= 0.6 is 15.9 Å². The van der Waals surface area contributed by atoms with E-state index in [1.54, 1.807) is 42.5 Å². The van der Waals surface area contributed by atoms with Gasteiger partial charge in [0, 0.05) is 29.3 Å². The van der Waals surface area contributed by atoms with Crippen molar-refractivity contribution in [2.75, 3.05) is 25.2 Å². The van der Waals surface area contributed by atoms with Crippen LogP contribution in [0.1, 0.15) is 12.8 Å². The molecule has 4 rings (SSSR count). The molecular formula is C19H19BrN2O5S. The van der Waals surface area contributed by atoms with Gasteiger partial charge in [0.2, 0.25) is 22.7 Å². The lowest BCUT2D eigenvalue weighted by Crippen LogP contribution is -2.43. The molecule has 0 saturated carbocycles. The Morgan fingerprint density at radius 1 is 1.11 bits per heavy atom. The molecular weight excluding hydrogens is 448 g/mol. The van der Waals surface area contributed by atoms with Crippen LogP contribution in [0.4, 0.5) is 5.69 Å². The van der Waals surface area contributed by atoms with E-state index in [0.717, 1.165) is 4.47 Å². The minimum Gasteiger partial charge on any atom is -0.454 e. The highest BCUT2D eigenvalue weighted by Crippen LogP contribution is 2.34. The molecule has 0 spiro atoms. The van der Waals surface area contributed by atoms with Crippen LogP contribution in [0.25, 0.3) is 0 Å². The lowest BCUT2D eigenvalue weighted by atomic mass is 9.98.